The van der Waals surface area contributed by atoms with Gasteiger partial charge in [-0.3, -0.25) is 0 Å². The van der Waals surface area contributed by atoms with Crippen LogP contribution in [0.25, 0.3) is 0 Å². The van der Waals surface area contributed by atoms with Crippen LogP contribution in [0.1, 0.15) is 27.2 Å². The Hall–Kier alpha value is -0.910. The van der Waals surface area contributed by atoms with Gasteiger partial charge in [-0.15, -0.1) is 0 Å². The number of carboxylic acid groups (broad SMARTS) is 1. The fourth-order valence-corrected chi connectivity index (χ4v) is 2.89. The molecule has 2 unspecified atom stereocenters. The van der Waals surface area contributed by atoms with E-state index in [4.69, 9.17) is 5.11 Å². The fraction of sp³-hybridized carbons (Fsp3) is 0.818. The van der Waals surface area contributed by atoms with Gasteiger partial charge in [-0.05, 0) is 13.3 Å². The summed E-state index contributed by atoms with van der Waals surface area (Å²) in [6, 6.07) is -0.918. The van der Waals surface area contributed by atoms with Crippen LogP contribution in [0, 0.1) is 0 Å². The zero-order valence-corrected chi connectivity index (χ0v) is 11.3. The highest BCUT2D eigenvalue weighted by Gasteiger charge is 2.30. The second-order valence-corrected chi connectivity index (χ2v) is 5.74. The first kappa shape index (κ1) is 14.2. The van der Waals surface area contributed by atoms with E-state index < -0.39 is 12.0 Å². The Balaban J connectivity index is 2.60. The number of urea groups is 1. The van der Waals surface area contributed by atoms with E-state index >= 15 is 0 Å². The molecule has 0 radical (unpaired) electrons. The minimum atomic E-state index is -0.979. The number of carbonyl (C=O) groups is 2. The van der Waals surface area contributed by atoms with Gasteiger partial charge in [0.2, 0.25) is 0 Å². The lowest BCUT2D eigenvalue weighted by Crippen LogP contribution is -2.55. The fourth-order valence-electron chi connectivity index (χ4n) is 1.79. The summed E-state index contributed by atoms with van der Waals surface area (Å²) in [6.07, 6.45) is 0.396. The van der Waals surface area contributed by atoms with Crippen molar-refractivity contribution < 1.29 is 14.7 Å². The van der Waals surface area contributed by atoms with Crippen LogP contribution in [0.3, 0.4) is 0 Å². The summed E-state index contributed by atoms with van der Waals surface area (Å²) in [5.74, 6) is -0.0732. The topological polar surface area (TPSA) is 69.6 Å². The van der Waals surface area contributed by atoms with Crippen molar-refractivity contribution in [1.29, 1.82) is 0 Å². The maximum absolute atomic E-state index is 12.0. The first-order valence-electron chi connectivity index (χ1n) is 5.89. The van der Waals surface area contributed by atoms with E-state index in [0.29, 0.717) is 18.2 Å². The molecule has 0 spiro atoms. The van der Waals surface area contributed by atoms with E-state index in [2.05, 4.69) is 12.2 Å². The first-order valence-corrected chi connectivity index (χ1v) is 6.93. The molecule has 0 aromatic rings. The van der Waals surface area contributed by atoms with Gasteiger partial charge < -0.3 is 15.3 Å². The molecule has 0 bridgehead atoms. The molecular weight excluding hydrogens is 240 g/mol. The lowest BCUT2D eigenvalue weighted by Gasteiger charge is -2.37. The third-order valence-corrected chi connectivity index (χ3v) is 4.49. The summed E-state index contributed by atoms with van der Waals surface area (Å²) in [7, 11) is 0. The van der Waals surface area contributed by atoms with Crippen molar-refractivity contribution in [3.63, 3.8) is 0 Å². The van der Waals surface area contributed by atoms with Crippen LogP contribution < -0.4 is 5.32 Å². The predicted octanol–water partition coefficient (Wildman–Crippen LogP) is 1.39. The Morgan fingerprint density at radius 2 is 2.18 bits per heavy atom. The smallest absolute Gasteiger partial charge is 0.326 e. The van der Waals surface area contributed by atoms with Crippen LogP contribution in [0.15, 0.2) is 0 Å². The normalized spacial score (nSPS) is 26.4. The number of thioether (sulfide) groups is 1. The summed E-state index contributed by atoms with van der Waals surface area (Å²) in [4.78, 5) is 24.6. The third-order valence-electron chi connectivity index (χ3n) is 3.15. The van der Waals surface area contributed by atoms with E-state index in [9.17, 15) is 9.59 Å². The molecule has 5 nitrogen and oxygen atoms in total. The average molecular weight is 260 g/mol. The Bertz CT molecular complexity index is 298. The van der Waals surface area contributed by atoms with Crippen LogP contribution in [0.4, 0.5) is 4.79 Å². The zero-order valence-electron chi connectivity index (χ0n) is 10.5. The number of amides is 2. The highest BCUT2D eigenvalue weighted by atomic mass is 32.2. The Kier molecular flexibility index (Phi) is 5.11. The van der Waals surface area contributed by atoms with Gasteiger partial charge in [-0.2, -0.15) is 11.8 Å². The van der Waals surface area contributed by atoms with Crippen LogP contribution in [0.2, 0.25) is 0 Å². The van der Waals surface area contributed by atoms with Gasteiger partial charge in [0, 0.05) is 23.6 Å². The standard InChI is InChI=1S/C11H20N2O3S/c1-4-9(10(14)15)12-11(16)13-5-6-17-8(3)7(13)2/h7-9H,4-6H2,1-3H3,(H,12,16)(H,14,15)/t7?,8?,9-/m0/s1. The first-order chi connectivity index (χ1) is 7.97. The number of carboxylic acids is 1. The molecule has 17 heavy (non-hydrogen) atoms. The number of nitrogens with one attached hydrogen (secondary N) is 1. The van der Waals surface area contributed by atoms with Crippen molar-refractivity contribution >= 4 is 23.8 Å². The number of hydrogen-bond donors (Lipinski definition) is 2. The number of rotatable bonds is 3. The second-order valence-electron chi connectivity index (χ2n) is 4.26. The molecule has 0 aromatic carbocycles. The van der Waals surface area contributed by atoms with E-state index in [0.717, 1.165) is 5.75 Å². The number of carbonyl (C=O) groups excluding carboxylic acids is 1. The van der Waals surface area contributed by atoms with Crippen molar-refractivity contribution in [3.8, 4) is 0 Å². The largest absolute Gasteiger partial charge is 0.480 e. The van der Waals surface area contributed by atoms with E-state index in [1.165, 1.54) is 0 Å². The summed E-state index contributed by atoms with van der Waals surface area (Å²) < 4.78 is 0. The molecule has 1 aliphatic rings. The molecule has 3 atom stereocenters. The molecule has 1 fully saturated rings. The molecule has 6 heteroatoms. The molecule has 98 valence electrons. The SMILES string of the molecule is CC[C@H](NC(=O)N1CCSC(C)C1C)C(=O)O. The third kappa shape index (κ3) is 3.52. The number of hydrogen-bond acceptors (Lipinski definition) is 3. The van der Waals surface area contributed by atoms with Gasteiger partial charge in [-0.25, -0.2) is 9.59 Å². The predicted molar refractivity (Wildman–Crippen MR) is 68.3 cm³/mol. The maximum Gasteiger partial charge on any atom is 0.326 e. The van der Waals surface area contributed by atoms with Crippen molar-refractivity contribution in [2.24, 2.45) is 0 Å². The molecule has 0 aromatic heterocycles. The lowest BCUT2D eigenvalue weighted by atomic mass is 10.2. The zero-order chi connectivity index (χ0) is 13.0. The lowest BCUT2D eigenvalue weighted by molar-refractivity contribution is -0.139. The summed E-state index contributed by atoms with van der Waals surface area (Å²) >= 11 is 1.84. The van der Waals surface area contributed by atoms with Gasteiger partial charge in [0.1, 0.15) is 6.04 Å². The van der Waals surface area contributed by atoms with Crippen molar-refractivity contribution in [2.45, 2.75) is 44.5 Å². The highest BCUT2D eigenvalue weighted by molar-refractivity contribution is 8.00. The van der Waals surface area contributed by atoms with E-state index in [1.54, 1.807) is 11.8 Å². The summed E-state index contributed by atoms with van der Waals surface area (Å²) in [6.45, 7) is 6.51. The van der Waals surface area contributed by atoms with Crippen molar-refractivity contribution in [2.75, 3.05) is 12.3 Å². The molecule has 0 saturated carbocycles. The Morgan fingerprint density at radius 3 is 2.71 bits per heavy atom. The summed E-state index contributed by atoms with van der Waals surface area (Å²) in [5.41, 5.74) is 0. The van der Waals surface area contributed by atoms with Crippen molar-refractivity contribution in [3.05, 3.63) is 0 Å². The highest BCUT2D eigenvalue weighted by Crippen LogP contribution is 2.24. The van der Waals surface area contributed by atoms with E-state index in [1.807, 2.05) is 18.7 Å². The Morgan fingerprint density at radius 1 is 1.53 bits per heavy atom. The van der Waals surface area contributed by atoms with Crippen LogP contribution in [0.5, 0.6) is 0 Å². The molecule has 2 amide bonds. The van der Waals surface area contributed by atoms with E-state index in [-0.39, 0.29) is 12.1 Å². The van der Waals surface area contributed by atoms with Crippen molar-refractivity contribution in [1.82, 2.24) is 10.2 Å². The Labute approximate surface area is 106 Å². The second kappa shape index (κ2) is 6.14. The van der Waals surface area contributed by atoms with Crippen LogP contribution in [-0.2, 0) is 4.79 Å². The van der Waals surface area contributed by atoms with Gasteiger partial charge in [0.25, 0.3) is 0 Å². The molecular formula is C11H20N2O3S. The molecule has 1 saturated heterocycles. The number of aliphatic carboxylic acids is 1. The molecule has 1 aliphatic heterocycles. The van der Waals surface area contributed by atoms with Gasteiger partial charge in [0.05, 0.1) is 0 Å². The quantitative estimate of drug-likeness (QED) is 0.804. The molecule has 1 heterocycles. The molecule has 2 N–H and O–H groups in total. The minimum absolute atomic E-state index is 0.139. The number of nitrogens with zero attached hydrogens (tertiary/aromatic N) is 1. The van der Waals surface area contributed by atoms with Crippen LogP contribution in [-0.4, -0.2) is 51.6 Å². The van der Waals surface area contributed by atoms with Gasteiger partial charge in [0.15, 0.2) is 0 Å². The molecule has 1 rings (SSSR count). The van der Waals surface area contributed by atoms with Crippen LogP contribution >= 0.6 is 11.8 Å². The monoisotopic (exact) mass is 260 g/mol. The summed E-state index contributed by atoms with van der Waals surface area (Å²) in [5, 5.41) is 11.9. The van der Waals surface area contributed by atoms with Gasteiger partial charge >= 0.3 is 12.0 Å². The average Bonchev–Trinajstić information content (AvgIpc) is 2.28. The minimum Gasteiger partial charge on any atom is -0.480 e. The molecule has 0 aliphatic carbocycles. The van der Waals surface area contributed by atoms with Gasteiger partial charge in [-0.1, -0.05) is 13.8 Å². The maximum atomic E-state index is 12.0.